The van der Waals surface area contributed by atoms with E-state index in [1.165, 1.54) is 17.3 Å². The summed E-state index contributed by atoms with van der Waals surface area (Å²) >= 11 is 1.50. The number of hydrogen-bond acceptors (Lipinski definition) is 6. The molecule has 2 unspecified atom stereocenters. The molecule has 1 amide bonds. The van der Waals surface area contributed by atoms with Crippen molar-refractivity contribution in [3.63, 3.8) is 0 Å². The second-order valence-electron chi connectivity index (χ2n) is 7.01. The van der Waals surface area contributed by atoms with Crippen LogP contribution < -0.4 is 5.32 Å². The number of rotatable bonds is 6. The molecule has 7 heteroatoms. The number of amides is 1. The number of nitrogens with one attached hydrogen (secondary N) is 1. The standard InChI is InChI=1S/C21H23NO5S/c1-13-7-9-15(10-8-13)28-20-17-19(27-21(24)22-17)18(23)16(26-20)12-25-11-14-5-3-2-4-6-14/h2-10,16-20,23H,11-12H2,1H3,(H,22,24)/t16?,17-,18?,19+,20+/m0/s1. The van der Waals surface area contributed by atoms with Crippen molar-refractivity contribution in [1.82, 2.24) is 5.32 Å². The summed E-state index contributed by atoms with van der Waals surface area (Å²) in [6.45, 7) is 2.67. The third-order valence-electron chi connectivity index (χ3n) is 4.87. The van der Waals surface area contributed by atoms with Gasteiger partial charge in [-0.25, -0.2) is 4.79 Å². The zero-order chi connectivity index (χ0) is 19.5. The minimum atomic E-state index is -0.949. The molecule has 0 bridgehead atoms. The predicted molar refractivity (Wildman–Crippen MR) is 105 cm³/mol. The van der Waals surface area contributed by atoms with Crippen molar-refractivity contribution in [2.45, 2.75) is 48.2 Å². The Morgan fingerprint density at radius 1 is 1.14 bits per heavy atom. The predicted octanol–water partition coefficient (Wildman–Crippen LogP) is 2.87. The van der Waals surface area contributed by atoms with Crippen LogP contribution in [-0.2, 0) is 20.8 Å². The highest BCUT2D eigenvalue weighted by molar-refractivity contribution is 7.99. The zero-order valence-corrected chi connectivity index (χ0v) is 16.3. The maximum absolute atomic E-state index is 11.8. The molecule has 0 saturated carbocycles. The average molecular weight is 401 g/mol. The summed E-state index contributed by atoms with van der Waals surface area (Å²) in [5.74, 6) is 0. The largest absolute Gasteiger partial charge is 0.441 e. The molecule has 6 nitrogen and oxygen atoms in total. The Morgan fingerprint density at radius 3 is 2.64 bits per heavy atom. The van der Waals surface area contributed by atoms with E-state index in [2.05, 4.69) is 5.32 Å². The Balaban J connectivity index is 1.43. The first-order valence-electron chi connectivity index (χ1n) is 9.26. The maximum Gasteiger partial charge on any atom is 0.408 e. The van der Waals surface area contributed by atoms with E-state index in [1.807, 2.05) is 61.5 Å². The fraction of sp³-hybridized carbons (Fsp3) is 0.381. The number of aliphatic hydroxyl groups is 1. The van der Waals surface area contributed by atoms with Crippen molar-refractivity contribution in [2.24, 2.45) is 0 Å². The summed E-state index contributed by atoms with van der Waals surface area (Å²) in [5.41, 5.74) is 1.84. The van der Waals surface area contributed by atoms with E-state index in [0.29, 0.717) is 6.61 Å². The highest BCUT2D eigenvalue weighted by Gasteiger charge is 2.52. The minimum absolute atomic E-state index is 0.210. The van der Waals surface area contributed by atoms with Gasteiger partial charge in [0, 0.05) is 4.90 Å². The molecule has 2 N–H and O–H groups in total. The van der Waals surface area contributed by atoms with Crippen LogP contribution in [0.5, 0.6) is 0 Å². The smallest absolute Gasteiger partial charge is 0.408 e. The molecule has 2 aromatic carbocycles. The number of ether oxygens (including phenoxy) is 3. The van der Waals surface area contributed by atoms with Crippen LogP contribution >= 0.6 is 11.8 Å². The molecule has 2 aliphatic rings. The quantitative estimate of drug-likeness (QED) is 0.775. The summed E-state index contributed by atoms with van der Waals surface area (Å²) in [4.78, 5) is 12.8. The van der Waals surface area contributed by atoms with Gasteiger partial charge in [0.25, 0.3) is 0 Å². The lowest BCUT2D eigenvalue weighted by molar-refractivity contribution is -0.163. The van der Waals surface area contributed by atoms with Gasteiger partial charge in [0.05, 0.1) is 13.2 Å². The number of carbonyl (C=O) groups is 1. The van der Waals surface area contributed by atoms with Crippen LogP contribution in [0.1, 0.15) is 11.1 Å². The monoisotopic (exact) mass is 401 g/mol. The summed E-state index contributed by atoms with van der Waals surface area (Å²) in [6.07, 6.45) is -2.72. The van der Waals surface area contributed by atoms with Crippen molar-refractivity contribution < 1.29 is 24.1 Å². The Bertz CT molecular complexity index is 800. The summed E-state index contributed by atoms with van der Waals surface area (Å²) in [6, 6.07) is 17.5. The molecule has 5 atom stereocenters. The Hall–Kier alpha value is -2.06. The molecule has 0 radical (unpaired) electrons. The number of fused-ring (bicyclic) bond motifs is 1. The van der Waals surface area contributed by atoms with Gasteiger partial charge in [-0.2, -0.15) is 0 Å². The minimum Gasteiger partial charge on any atom is -0.441 e. The van der Waals surface area contributed by atoms with Gasteiger partial charge < -0.3 is 24.6 Å². The van der Waals surface area contributed by atoms with Crippen LogP contribution in [0.15, 0.2) is 59.5 Å². The fourth-order valence-electron chi connectivity index (χ4n) is 3.36. The number of thioether (sulfide) groups is 1. The van der Waals surface area contributed by atoms with Crippen LogP contribution in [0.3, 0.4) is 0 Å². The normalized spacial score (nSPS) is 29.1. The van der Waals surface area contributed by atoms with Gasteiger partial charge in [0.15, 0.2) is 6.10 Å². The number of alkyl carbamates (subject to hydrolysis) is 1. The topological polar surface area (TPSA) is 77.0 Å². The average Bonchev–Trinajstić information content (AvgIpc) is 3.10. The first-order chi connectivity index (χ1) is 13.6. The second-order valence-corrected chi connectivity index (χ2v) is 8.18. The zero-order valence-electron chi connectivity index (χ0n) is 15.5. The van der Waals surface area contributed by atoms with E-state index in [-0.39, 0.29) is 12.0 Å². The Morgan fingerprint density at radius 2 is 1.89 bits per heavy atom. The molecular formula is C21H23NO5S. The molecule has 2 aliphatic heterocycles. The molecule has 4 rings (SSSR count). The number of benzene rings is 2. The highest BCUT2D eigenvalue weighted by atomic mass is 32.2. The van der Waals surface area contributed by atoms with Crippen molar-refractivity contribution >= 4 is 17.9 Å². The highest BCUT2D eigenvalue weighted by Crippen LogP contribution is 2.36. The van der Waals surface area contributed by atoms with Crippen LogP contribution in [0.2, 0.25) is 0 Å². The fourth-order valence-corrected chi connectivity index (χ4v) is 4.49. The number of carbonyl (C=O) groups excluding carboxylic acids is 1. The molecule has 28 heavy (non-hydrogen) atoms. The van der Waals surface area contributed by atoms with Gasteiger partial charge >= 0.3 is 6.09 Å². The maximum atomic E-state index is 11.8. The van der Waals surface area contributed by atoms with Gasteiger partial charge in [-0.1, -0.05) is 59.8 Å². The number of hydrogen-bond donors (Lipinski definition) is 2. The first kappa shape index (κ1) is 19.3. The lowest BCUT2D eigenvalue weighted by Gasteiger charge is -2.39. The molecule has 0 aliphatic carbocycles. The van der Waals surface area contributed by atoms with Crippen molar-refractivity contribution in [3.8, 4) is 0 Å². The number of aliphatic hydroxyl groups excluding tert-OH is 1. The summed E-state index contributed by atoms with van der Waals surface area (Å²) in [5, 5.41) is 13.4. The van der Waals surface area contributed by atoms with Gasteiger partial charge in [-0.05, 0) is 24.6 Å². The van der Waals surface area contributed by atoms with Crippen molar-refractivity contribution in [2.75, 3.05) is 6.61 Å². The second kappa shape index (κ2) is 8.53. The van der Waals surface area contributed by atoms with E-state index in [4.69, 9.17) is 14.2 Å². The molecular weight excluding hydrogens is 378 g/mol. The van der Waals surface area contributed by atoms with Gasteiger partial charge in [-0.15, -0.1) is 0 Å². The molecule has 2 fully saturated rings. The lowest BCUT2D eigenvalue weighted by Crippen LogP contribution is -2.58. The Labute approximate surface area is 168 Å². The first-order valence-corrected chi connectivity index (χ1v) is 10.1. The van der Waals surface area contributed by atoms with E-state index in [1.54, 1.807) is 0 Å². The summed E-state index contributed by atoms with van der Waals surface area (Å²) < 4.78 is 17.2. The lowest BCUT2D eigenvalue weighted by atomic mass is 9.99. The molecule has 0 spiro atoms. The van der Waals surface area contributed by atoms with Crippen LogP contribution in [0, 0.1) is 6.92 Å². The SMILES string of the molecule is Cc1ccc(S[C@H]2OC(COCc3ccccc3)C(O)[C@@H]3OC(=O)N[C@H]23)cc1. The molecule has 148 valence electrons. The van der Waals surface area contributed by atoms with E-state index in [9.17, 15) is 9.90 Å². The molecule has 2 heterocycles. The summed E-state index contributed by atoms with van der Waals surface area (Å²) in [7, 11) is 0. The molecule has 0 aromatic heterocycles. The molecule has 2 aromatic rings. The van der Waals surface area contributed by atoms with Crippen LogP contribution in [0.25, 0.3) is 0 Å². The van der Waals surface area contributed by atoms with E-state index in [0.717, 1.165) is 10.5 Å². The van der Waals surface area contributed by atoms with Crippen molar-refractivity contribution in [3.05, 3.63) is 65.7 Å². The Kier molecular flexibility index (Phi) is 5.87. The van der Waals surface area contributed by atoms with Gasteiger partial charge in [0.2, 0.25) is 0 Å². The van der Waals surface area contributed by atoms with Crippen LogP contribution in [0.4, 0.5) is 4.79 Å². The third-order valence-corrected chi connectivity index (χ3v) is 6.05. The van der Waals surface area contributed by atoms with E-state index >= 15 is 0 Å². The van der Waals surface area contributed by atoms with Gasteiger partial charge in [-0.3, -0.25) is 0 Å². The molecule has 2 saturated heterocycles. The van der Waals surface area contributed by atoms with Crippen LogP contribution in [-0.4, -0.2) is 47.6 Å². The number of aryl methyl sites for hydroxylation is 1. The van der Waals surface area contributed by atoms with Gasteiger partial charge in [0.1, 0.15) is 23.7 Å². The van der Waals surface area contributed by atoms with Crippen molar-refractivity contribution in [1.29, 1.82) is 0 Å². The van der Waals surface area contributed by atoms with E-state index < -0.39 is 30.4 Å². The third kappa shape index (κ3) is 4.33.